The van der Waals surface area contributed by atoms with Crippen LogP contribution in [0.1, 0.15) is 53.4 Å². The predicted molar refractivity (Wildman–Crippen MR) is 359 cm³/mol. The Morgan fingerprint density at radius 3 is 1.25 bits per heavy atom. The van der Waals surface area contributed by atoms with Crippen molar-refractivity contribution in [3.63, 3.8) is 0 Å². The van der Waals surface area contributed by atoms with E-state index in [4.69, 9.17) is 46.4 Å². The van der Waals surface area contributed by atoms with Crippen LogP contribution in [0.2, 0.25) is 15.1 Å². The van der Waals surface area contributed by atoms with Crippen molar-refractivity contribution in [2.45, 2.75) is 72.4 Å². The molecule has 0 fully saturated rings. The number of nitrogens with one attached hydrogen (secondary N) is 1. The van der Waals surface area contributed by atoms with Crippen LogP contribution in [0.3, 0.4) is 0 Å². The van der Waals surface area contributed by atoms with Gasteiger partial charge in [0.25, 0.3) is 0 Å². The quantitative estimate of drug-likeness (QED) is 0.118. The zero-order valence-corrected chi connectivity index (χ0v) is 55.2. The van der Waals surface area contributed by atoms with Gasteiger partial charge >= 0.3 is 0 Å². The van der Waals surface area contributed by atoms with Gasteiger partial charge in [0.2, 0.25) is 17.7 Å². The fourth-order valence-electron chi connectivity index (χ4n) is 11.3. The second kappa shape index (κ2) is 29.7. The lowest BCUT2D eigenvalue weighted by Gasteiger charge is -2.27. The van der Waals surface area contributed by atoms with Crippen LogP contribution in [0.5, 0.6) is 0 Å². The molecule has 0 radical (unpaired) electrons. The monoisotopic (exact) mass is 1390 g/mol. The number of hydrogen-bond donors (Lipinski definition) is 1. The number of fused-ring (bicyclic) bond motifs is 3. The predicted octanol–water partition coefficient (Wildman–Crippen LogP) is 11.6. The van der Waals surface area contributed by atoms with Crippen molar-refractivity contribution in [2.75, 3.05) is 40.2 Å². The average molecular weight is 1390 g/mol. The van der Waals surface area contributed by atoms with E-state index >= 15 is 0 Å². The molecule has 3 aliphatic heterocycles. The van der Waals surface area contributed by atoms with Gasteiger partial charge in [0.05, 0.1) is 102 Å². The SMILES string of the molecule is Cc1[nH]nc(-c2ncccn2)c1Cl.Cc1c(Cl)c(-c2ncccn2)nn1CC(=O)N1CCCc2c1cnn2-c1ccc(F)cc1.Cc1nn(CC(=O)N2CCCc3c2cnn3-c2ccc(F)cc2)c(-c2ncccn2)c1Cl.O=C(CCl)N1CCCc2c1cnn2-c1ccc(F)cc1. The molecule has 12 heterocycles. The fourth-order valence-corrected chi connectivity index (χ4v) is 12.0. The summed E-state index contributed by atoms with van der Waals surface area (Å²) in [5.41, 5.74) is 11.0. The minimum atomic E-state index is -0.307. The zero-order chi connectivity index (χ0) is 67.9. The molecule has 494 valence electrons. The van der Waals surface area contributed by atoms with Crippen LogP contribution in [0, 0.1) is 38.2 Å². The van der Waals surface area contributed by atoms with Gasteiger partial charge in [0.1, 0.15) is 53.5 Å². The number of benzene rings is 3. The van der Waals surface area contributed by atoms with Crippen molar-refractivity contribution in [1.82, 2.24) is 89.0 Å². The number of aromatic nitrogens is 18. The lowest BCUT2D eigenvalue weighted by Crippen LogP contribution is -2.38. The molecule has 0 spiro atoms. The smallest absolute Gasteiger partial charge is 0.248 e. The second-order valence-electron chi connectivity index (χ2n) is 22.2. The minimum Gasteiger partial charge on any atom is -0.308 e. The summed E-state index contributed by atoms with van der Waals surface area (Å²) in [4.78, 5) is 68.5. The molecular formula is C66H58Cl4F3N21O3. The van der Waals surface area contributed by atoms with Gasteiger partial charge in [0, 0.05) is 56.8 Å². The Bertz CT molecular complexity index is 4760. The van der Waals surface area contributed by atoms with Gasteiger partial charge in [-0.15, -0.1) is 11.6 Å². The number of halogens is 7. The fraction of sp³-hybridized carbons (Fsp3) is 0.227. The molecule has 0 aliphatic carbocycles. The number of hydrogen-bond acceptors (Lipinski definition) is 15. The third-order valence-corrected chi connectivity index (χ3v) is 17.6. The molecule has 1 N–H and O–H groups in total. The molecule has 15 rings (SSSR count). The van der Waals surface area contributed by atoms with Crippen molar-refractivity contribution >= 4 is 81.2 Å². The average Bonchev–Trinajstić information content (AvgIpc) is 1.68. The molecule has 0 bridgehead atoms. The Kier molecular flexibility index (Phi) is 20.3. The van der Waals surface area contributed by atoms with Gasteiger partial charge in [-0.25, -0.2) is 57.1 Å². The molecule has 0 saturated carbocycles. The first-order valence-electron chi connectivity index (χ1n) is 30.5. The third-order valence-electron chi connectivity index (χ3n) is 16.0. The number of alkyl halides is 1. The maximum atomic E-state index is 13.3. The topological polar surface area (TPSA) is 256 Å². The van der Waals surface area contributed by atoms with Crippen molar-refractivity contribution < 1.29 is 27.6 Å². The van der Waals surface area contributed by atoms with Gasteiger partial charge in [0.15, 0.2) is 17.5 Å². The van der Waals surface area contributed by atoms with E-state index in [-0.39, 0.29) is 54.1 Å². The Hall–Kier alpha value is -10.5. The number of H-pyrrole nitrogens is 1. The summed E-state index contributed by atoms with van der Waals surface area (Å²) in [6, 6.07) is 23.6. The molecule has 0 unspecified atom stereocenters. The summed E-state index contributed by atoms with van der Waals surface area (Å²) in [6.45, 7) is 7.28. The molecule has 31 heteroatoms. The highest BCUT2D eigenvalue weighted by atomic mass is 35.5. The molecule has 3 amide bonds. The van der Waals surface area contributed by atoms with Gasteiger partial charge in [-0.3, -0.25) is 28.8 Å². The second-order valence-corrected chi connectivity index (χ2v) is 23.6. The Labute approximate surface area is 572 Å². The largest absolute Gasteiger partial charge is 0.308 e. The molecule has 9 aromatic heterocycles. The van der Waals surface area contributed by atoms with Gasteiger partial charge < -0.3 is 14.7 Å². The highest BCUT2D eigenvalue weighted by molar-refractivity contribution is 6.34. The van der Waals surface area contributed by atoms with E-state index in [1.165, 1.54) is 36.4 Å². The van der Waals surface area contributed by atoms with Crippen molar-refractivity contribution in [3.8, 4) is 51.6 Å². The van der Waals surface area contributed by atoms with Crippen molar-refractivity contribution in [2.24, 2.45) is 0 Å². The third kappa shape index (κ3) is 14.4. The van der Waals surface area contributed by atoms with E-state index in [1.54, 1.807) is 155 Å². The molecular weight excluding hydrogens is 1330 g/mol. The van der Waals surface area contributed by atoms with Crippen molar-refractivity contribution in [3.05, 3.63) is 213 Å². The summed E-state index contributed by atoms with van der Waals surface area (Å²) >= 11 is 24.5. The summed E-state index contributed by atoms with van der Waals surface area (Å²) in [6.07, 6.45) is 19.6. The number of carbonyl (C=O) groups is 3. The summed E-state index contributed by atoms with van der Waals surface area (Å²) in [5, 5.41) is 30.4. The van der Waals surface area contributed by atoms with Gasteiger partial charge in [-0.2, -0.15) is 30.6 Å². The van der Waals surface area contributed by atoms with E-state index in [1.807, 2.05) is 13.8 Å². The van der Waals surface area contributed by atoms with Crippen LogP contribution < -0.4 is 14.7 Å². The van der Waals surface area contributed by atoms with Crippen LogP contribution in [0.25, 0.3) is 51.6 Å². The van der Waals surface area contributed by atoms with E-state index in [0.29, 0.717) is 80.6 Å². The molecule has 0 atom stereocenters. The molecule has 97 heavy (non-hydrogen) atoms. The number of carbonyl (C=O) groups excluding carboxylic acids is 3. The van der Waals surface area contributed by atoms with Crippen LogP contribution >= 0.6 is 46.4 Å². The number of nitrogens with zero attached hydrogens (tertiary/aromatic N) is 20. The van der Waals surface area contributed by atoms with E-state index in [2.05, 4.69) is 65.6 Å². The summed E-state index contributed by atoms with van der Waals surface area (Å²) < 4.78 is 48.0. The first kappa shape index (κ1) is 66.5. The lowest BCUT2D eigenvalue weighted by molar-refractivity contribution is -0.120. The summed E-state index contributed by atoms with van der Waals surface area (Å²) in [7, 11) is 0. The molecule has 24 nitrogen and oxygen atoms in total. The number of aryl methyl sites for hydroxylation is 2. The van der Waals surface area contributed by atoms with E-state index in [0.717, 1.165) is 95.4 Å². The van der Waals surface area contributed by atoms with Crippen LogP contribution in [-0.2, 0) is 46.7 Å². The van der Waals surface area contributed by atoms with Crippen molar-refractivity contribution in [1.29, 1.82) is 0 Å². The summed E-state index contributed by atoms with van der Waals surface area (Å²) in [5.74, 6) is 0.0477. The molecule has 3 aromatic carbocycles. The first-order valence-corrected chi connectivity index (χ1v) is 32.2. The molecule has 3 aliphatic rings. The number of amides is 3. The van der Waals surface area contributed by atoms with Crippen LogP contribution in [0.15, 0.2) is 147 Å². The minimum absolute atomic E-state index is 0.0116. The van der Waals surface area contributed by atoms with E-state index < -0.39 is 0 Å². The van der Waals surface area contributed by atoms with Crippen LogP contribution in [-0.4, -0.2) is 132 Å². The first-order chi connectivity index (χ1) is 47.0. The highest BCUT2D eigenvalue weighted by Gasteiger charge is 2.32. The maximum Gasteiger partial charge on any atom is 0.248 e. The van der Waals surface area contributed by atoms with Gasteiger partial charge in [-0.1, -0.05) is 34.8 Å². The lowest BCUT2D eigenvalue weighted by atomic mass is 10.1. The Morgan fingerprint density at radius 2 is 0.856 bits per heavy atom. The number of anilines is 3. The van der Waals surface area contributed by atoms with Crippen LogP contribution in [0.4, 0.5) is 30.2 Å². The van der Waals surface area contributed by atoms with Gasteiger partial charge in [-0.05, 0) is 150 Å². The molecule has 12 aromatic rings. The highest BCUT2D eigenvalue weighted by Crippen LogP contribution is 2.35. The molecule has 0 saturated heterocycles. The normalized spacial score (nSPS) is 13.1. The standard InChI is InChI=1S/2C22H19ClFN7O.C14H13ClFN3O.C8H7ClN4/c1-14-20(23)21(22-25-9-3-10-26-22)28-30(14)13-19(32)29-11-2-4-17-18(29)12-27-31(17)16-7-5-15(24)6-8-16;1-14-20(23)21(22-25-9-3-10-26-22)30(28-14)13-19(32)29-11-2-4-17-18(29)12-27-31(17)16-7-5-15(24)6-8-16;15-8-14(20)18-7-1-2-12-13(18)9-17-19(12)11-5-3-10(16)4-6-11;1-5-6(9)7(13-12-5)8-10-3-2-4-11-8/h2*3,5-10,12H,2,4,11,13H2,1H3;3-6,9H,1-2,7-8H2;2-4H,1H3,(H,12,13). The Morgan fingerprint density at radius 1 is 0.474 bits per heavy atom. The maximum absolute atomic E-state index is 13.3. The zero-order valence-electron chi connectivity index (χ0n) is 52.2. The number of rotatable bonds is 11. The number of aromatic amines is 1. The van der Waals surface area contributed by atoms with E-state index in [9.17, 15) is 27.6 Å². The Balaban J connectivity index is 0.000000130.